The Labute approximate surface area is 126 Å². The first-order valence-corrected chi connectivity index (χ1v) is 7.87. The highest BCUT2D eigenvalue weighted by Gasteiger charge is 2.13. The topological polar surface area (TPSA) is 52.3 Å². The second-order valence-electron chi connectivity index (χ2n) is 5.35. The van der Waals surface area contributed by atoms with Gasteiger partial charge in [0.05, 0.1) is 12.2 Å². The van der Waals surface area contributed by atoms with Crippen molar-refractivity contribution >= 4 is 11.7 Å². The molecule has 118 valence electrons. The standard InChI is InChI=1S/C17H26FNO2/c1-2-3-4-5-6-7-8-9-12-21-17(20)15-13-14(19)10-11-16(15)18/h10-11,13H,2-9,12,19H2,1H3. The number of nitrogen functional groups attached to an aromatic ring is 1. The first-order valence-electron chi connectivity index (χ1n) is 7.87. The van der Waals surface area contributed by atoms with E-state index < -0.39 is 11.8 Å². The predicted octanol–water partition coefficient (Wildman–Crippen LogP) is 4.71. The Morgan fingerprint density at radius 2 is 1.71 bits per heavy atom. The van der Waals surface area contributed by atoms with Gasteiger partial charge < -0.3 is 10.5 Å². The van der Waals surface area contributed by atoms with Crippen LogP contribution in [0.4, 0.5) is 10.1 Å². The van der Waals surface area contributed by atoms with E-state index in [4.69, 9.17) is 10.5 Å². The summed E-state index contributed by atoms with van der Waals surface area (Å²) in [7, 11) is 0. The number of carbonyl (C=O) groups excluding carboxylic acids is 1. The third-order valence-electron chi connectivity index (χ3n) is 3.44. The zero-order valence-corrected chi connectivity index (χ0v) is 12.9. The van der Waals surface area contributed by atoms with E-state index in [9.17, 15) is 9.18 Å². The molecular weight excluding hydrogens is 269 g/mol. The number of esters is 1. The zero-order chi connectivity index (χ0) is 15.5. The van der Waals surface area contributed by atoms with Gasteiger partial charge in [0.2, 0.25) is 0 Å². The molecule has 1 aromatic rings. The maximum atomic E-state index is 13.4. The molecule has 0 fully saturated rings. The predicted molar refractivity (Wildman–Crippen MR) is 83.7 cm³/mol. The molecule has 0 spiro atoms. The molecule has 2 N–H and O–H groups in total. The number of ether oxygens (including phenoxy) is 1. The fraction of sp³-hybridized carbons (Fsp3) is 0.588. The summed E-state index contributed by atoms with van der Waals surface area (Å²) >= 11 is 0. The summed E-state index contributed by atoms with van der Waals surface area (Å²) < 4.78 is 18.5. The Morgan fingerprint density at radius 1 is 1.10 bits per heavy atom. The van der Waals surface area contributed by atoms with Gasteiger partial charge >= 0.3 is 5.97 Å². The van der Waals surface area contributed by atoms with Crippen LogP contribution in [0.25, 0.3) is 0 Å². The quantitative estimate of drug-likeness (QED) is 0.386. The van der Waals surface area contributed by atoms with Crippen molar-refractivity contribution in [3.8, 4) is 0 Å². The molecule has 0 aliphatic rings. The maximum absolute atomic E-state index is 13.4. The van der Waals surface area contributed by atoms with E-state index in [1.54, 1.807) is 0 Å². The van der Waals surface area contributed by atoms with Crippen LogP contribution in [0.1, 0.15) is 68.6 Å². The van der Waals surface area contributed by atoms with Crippen LogP contribution in [-0.2, 0) is 4.74 Å². The number of halogens is 1. The van der Waals surface area contributed by atoms with Gasteiger partial charge in [-0.15, -0.1) is 0 Å². The zero-order valence-electron chi connectivity index (χ0n) is 12.9. The van der Waals surface area contributed by atoms with Crippen LogP contribution in [0.2, 0.25) is 0 Å². The highest BCUT2D eigenvalue weighted by Crippen LogP contribution is 2.14. The van der Waals surface area contributed by atoms with E-state index in [1.807, 2.05) is 0 Å². The van der Waals surface area contributed by atoms with Crippen molar-refractivity contribution in [3.63, 3.8) is 0 Å². The molecule has 0 bridgehead atoms. The Balaban J connectivity index is 2.12. The van der Waals surface area contributed by atoms with Crippen LogP contribution in [0.15, 0.2) is 18.2 Å². The summed E-state index contributed by atoms with van der Waals surface area (Å²) in [6.45, 7) is 2.54. The average Bonchev–Trinajstić information content (AvgIpc) is 2.48. The Morgan fingerprint density at radius 3 is 2.38 bits per heavy atom. The molecule has 0 heterocycles. The van der Waals surface area contributed by atoms with E-state index in [1.165, 1.54) is 50.3 Å². The van der Waals surface area contributed by atoms with Gasteiger partial charge in [0, 0.05) is 5.69 Å². The van der Waals surface area contributed by atoms with Gasteiger partial charge in [0.25, 0.3) is 0 Å². The molecule has 3 nitrogen and oxygen atoms in total. The van der Waals surface area contributed by atoms with Gasteiger partial charge in [-0.2, -0.15) is 0 Å². The lowest BCUT2D eigenvalue weighted by molar-refractivity contribution is 0.0492. The molecule has 21 heavy (non-hydrogen) atoms. The number of hydrogen-bond donors (Lipinski definition) is 1. The normalized spacial score (nSPS) is 10.6. The summed E-state index contributed by atoms with van der Waals surface area (Å²) in [4.78, 5) is 11.7. The minimum Gasteiger partial charge on any atom is -0.462 e. The SMILES string of the molecule is CCCCCCCCCCOC(=O)c1cc(N)ccc1F. The van der Waals surface area contributed by atoms with Gasteiger partial charge in [-0.3, -0.25) is 0 Å². The molecule has 0 radical (unpaired) electrons. The van der Waals surface area contributed by atoms with Crippen molar-refractivity contribution in [2.75, 3.05) is 12.3 Å². The fourth-order valence-electron chi connectivity index (χ4n) is 2.18. The second kappa shape index (κ2) is 10.2. The third-order valence-corrected chi connectivity index (χ3v) is 3.44. The van der Waals surface area contributed by atoms with Gasteiger partial charge in [0.15, 0.2) is 0 Å². The molecule has 1 aromatic carbocycles. The molecule has 0 saturated heterocycles. The van der Waals surface area contributed by atoms with Crippen LogP contribution in [-0.4, -0.2) is 12.6 Å². The van der Waals surface area contributed by atoms with E-state index in [0.717, 1.165) is 19.3 Å². The van der Waals surface area contributed by atoms with Crippen molar-refractivity contribution in [2.45, 2.75) is 58.3 Å². The van der Waals surface area contributed by atoms with Gasteiger partial charge in [0.1, 0.15) is 5.82 Å². The van der Waals surface area contributed by atoms with Crippen LogP contribution >= 0.6 is 0 Å². The Hall–Kier alpha value is -1.58. The van der Waals surface area contributed by atoms with E-state index >= 15 is 0 Å². The number of rotatable bonds is 10. The number of nitrogens with two attached hydrogens (primary N) is 1. The smallest absolute Gasteiger partial charge is 0.341 e. The van der Waals surface area contributed by atoms with E-state index in [0.29, 0.717) is 12.3 Å². The number of benzene rings is 1. The van der Waals surface area contributed by atoms with Gasteiger partial charge in [-0.25, -0.2) is 9.18 Å². The highest BCUT2D eigenvalue weighted by molar-refractivity contribution is 5.90. The molecular formula is C17H26FNO2. The number of hydrogen-bond acceptors (Lipinski definition) is 3. The largest absolute Gasteiger partial charge is 0.462 e. The molecule has 0 aromatic heterocycles. The Bertz CT molecular complexity index is 435. The summed E-state index contributed by atoms with van der Waals surface area (Å²) in [5.41, 5.74) is 5.80. The van der Waals surface area contributed by atoms with Crippen molar-refractivity contribution in [1.29, 1.82) is 0 Å². The molecule has 4 heteroatoms. The summed E-state index contributed by atoms with van der Waals surface area (Å²) in [5, 5.41) is 0. The molecule has 0 aliphatic heterocycles. The maximum Gasteiger partial charge on any atom is 0.341 e. The van der Waals surface area contributed by atoms with Crippen molar-refractivity contribution in [2.24, 2.45) is 0 Å². The molecule has 0 unspecified atom stereocenters. The van der Waals surface area contributed by atoms with E-state index in [2.05, 4.69) is 6.92 Å². The molecule has 0 aliphatic carbocycles. The number of carbonyl (C=O) groups is 1. The van der Waals surface area contributed by atoms with E-state index in [-0.39, 0.29) is 5.56 Å². The average molecular weight is 295 g/mol. The van der Waals surface area contributed by atoms with Crippen LogP contribution in [0.3, 0.4) is 0 Å². The molecule has 0 saturated carbocycles. The third kappa shape index (κ3) is 7.11. The van der Waals surface area contributed by atoms with Gasteiger partial charge in [-0.1, -0.05) is 51.9 Å². The lowest BCUT2D eigenvalue weighted by atomic mass is 10.1. The fourth-order valence-corrected chi connectivity index (χ4v) is 2.18. The van der Waals surface area contributed by atoms with Crippen molar-refractivity contribution in [1.82, 2.24) is 0 Å². The molecule has 0 amide bonds. The molecule has 0 atom stereocenters. The number of anilines is 1. The highest BCUT2D eigenvalue weighted by atomic mass is 19.1. The lowest BCUT2D eigenvalue weighted by Crippen LogP contribution is -2.09. The van der Waals surface area contributed by atoms with Crippen LogP contribution < -0.4 is 5.73 Å². The van der Waals surface area contributed by atoms with Gasteiger partial charge in [-0.05, 0) is 24.6 Å². The minimum absolute atomic E-state index is 0.0884. The Kier molecular flexibility index (Phi) is 8.48. The summed E-state index contributed by atoms with van der Waals surface area (Å²) in [5.74, 6) is -1.23. The minimum atomic E-state index is -0.636. The second-order valence-corrected chi connectivity index (χ2v) is 5.35. The van der Waals surface area contributed by atoms with Crippen LogP contribution in [0.5, 0.6) is 0 Å². The van der Waals surface area contributed by atoms with Crippen molar-refractivity contribution < 1.29 is 13.9 Å². The lowest BCUT2D eigenvalue weighted by Gasteiger charge is -2.06. The first kappa shape index (κ1) is 17.5. The van der Waals surface area contributed by atoms with Crippen molar-refractivity contribution in [3.05, 3.63) is 29.6 Å². The molecule has 1 rings (SSSR count). The monoisotopic (exact) mass is 295 g/mol. The van der Waals surface area contributed by atoms with Crippen LogP contribution in [0, 0.1) is 5.82 Å². The summed E-state index contributed by atoms with van der Waals surface area (Å²) in [6, 6.07) is 3.91. The first-order chi connectivity index (χ1) is 10.1. The summed E-state index contributed by atoms with van der Waals surface area (Å²) in [6.07, 6.45) is 9.41. The number of unbranched alkanes of at least 4 members (excludes halogenated alkanes) is 7.